The predicted octanol–water partition coefficient (Wildman–Crippen LogP) is 5.31. The van der Waals surface area contributed by atoms with Gasteiger partial charge in [-0.25, -0.2) is 4.98 Å². The Balaban J connectivity index is 0.891. The number of hydrogen-bond acceptors (Lipinski definition) is 11. The number of phenolic OH excluding ortho intramolecular Hbond substituents is 1. The molecule has 15 heteroatoms. The molecule has 1 spiro atoms. The molecule has 4 heterocycles. The van der Waals surface area contributed by atoms with E-state index in [1.807, 2.05) is 27.3 Å². The van der Waals surface area contributed by atoms with Crippen molar-refractivity contribution < 1.29 is 33.7 Å². The van der Waals surface area contributed by atoms with Gasteiger partial charge in [0, 0.05) is 56.2 Å². The Morgan fingerprint density at radius 2 is 1.89 bits per heavy atom. The number of morpholine rings is 1. The van der Waals surface area contributed by atoms with Crippen LogP contribution in [0.25, 0.3) is 0 Å². The number of phenols is 1. The lowest BCUT2D eigenvalue weighted by molar-refractivity contribution is -0.132. The number of aromatic hydroxyl groups is 1. The third-order valence-corrected chi connectivity index (χ3v) is 12.5. The topological polar surface area (TPSA) is 146 Å². The summed E-state index contributed by atoms with van der Waals surface area (Å²) in [6.45, 7) is 11.7. The van der Waals surface area contributed by atoms with E-state index in [0.717, 1.165) is 78.5 Å². The van der Waals surface area contributed by atoms with E-state index in [-0.39, 0.29) is 35.7 Å². The number of fused-ring (bicyclic) bond motifs is 1. The number of unbranched alkanes of at least 4 members (excludes halogenated alkanes) is 1. The number of aromatic nitrogens is 1. The van der Waals surface area contributed by atoms with Crippen LogP contribution in [0.2, 0.25) is 5.02 Å². The molecule has 3 aliphatic heterocycles. The molecule has 6 rings (SSSR count). The van der Waals surface area contributed by atoms with Crippen molar-refractivity contribution in [2.75, 3.05) is 84.1 Å². The van der Waals surface area contributed by atoms with E-state index < -0.39 is 0 Å². The van der Waals surface area contributed by atoms with Crippen molar-refractivity contribution in [3.8, 4) is 11.5 Å². The Labute approximate surface area is 345 Å². The first-order valence-corrected chi connectivity index (χ1v) is 21.6. The van der Waals surface area contributed by atoms with Gasteiger partial charge in [-0.15, -0.1) is 11.3 Å². The van der Waals surface area contributed by atoms with Crippen molar-refractivity contribution >= 4 is 46.3 Å². The fourth-order valence-electron chi connectivity index (χ4n) is 7.65. The first-order valence-electron chi connectivity index (χ1n) is 20.4. The summed E-state index contributed by atoms with van der Waals surface area (Å²) in [5.74, 6) is 0.282. The highest BCUT2D eigenvalue weighted by Gasteiger charge is 2.41. The number of piperidine rings is 1. The molecule has 310 valence electrons. The number of nitrogens with zero attached hydrogens (tertiary/aromatic N) is 4. The summed E-state index contributed by atoms with van der Waals surface area (Å²) in [4.78, 5) is 48.8. The maximum atomic E-state index is 13.2. The van der Waals surface area contributed by atoms with Gasteiger partial charge in [-0.1, -0.05) is 56.1 Å². The van der Waals surface area contributed by atoms with Gasteiger partial charge in [-0.05, 0) is 67.8 Å². The minimum atomic E-state index is -0.323. The lowest BCUT2D eigenvalue weighted by atomic mass is 9.89. The molecular formula is C42H57ClN6O7S. The van der Waals surface area contributed by atoms with Crippen molar-refractivity contribution in [2.45, 2.75) is 77.4 Å². The summed E-state index contributed by atoms with van der Waals surface area (Å²) in [5.41, 5.74) is 3.55. The molecule has 57 heavy (non-hydrogen) atoms. The number of likely N-dealkylation sites (tertiary alicyclic amines) is 1. The summed E-state index contributed by atoms with van der Waals surface area (Å²) < 4.78 is 17.9. The molecule has 13 nitrogen and oxygen atoms in total. The Hall–Kier alpha value is -3.79. The molecular weight excluding hydrogens is 768 g/mol. The van der Waals surface area contributed by atoms with Gasteiger partial charge in [0.05, 0.1) is 43.4 Å². The molecule has 2 saturated heterocycles. The van der Waals surface area contributed by atoms with E-state index in [1.165, 1.54) is 0 Å². The standard InChI is InChI=1S/C42H57ClN6O7S/c1-3-5-18-48(21-17-44-16-11-31-9-10-34(50)39-40(31)55-27-35(51)46-39)37(52)13-24-54-23-12-30-7-6-8-32(38(30)43)26-47-19-14-42(15-20-47)29-49(22-25-56-42)41(53)33-28-57-36(4-2)45-33/h6-10,28,44,50H,3-5,11-27,29H2,1-2H3,(H,46,51). The van der Waals surface area contributed by atoms with Crippen LogP contribution in [0.4, 0.5) is 5.69 Å². The van der Waals surface area contributed by atoms with Gasteiger partial charge < -0.3 is 39.8 Å². The maximum Gasteiger partial charge on any atom is 0.273 e. The highest BCUT2D eigenvalue weighted by Crippen LogP contribution is 2.39. The second-order valence-electron chi connectivity index (χ2n) is 15.0. The number of thiazole rings is 1. The number of ether oxygens (including phenoxy) is 3. The van der Waals surface area contributed by atoms with Crippen LogP contribution in [-0.4, -0.2) is 127 Å². The molecule has 2 fully saturated rings. The van der Waals surface area contributed by atoms with Crippen LogP contribution >= 0.6 is 22.9 Å². The molecule has 0 aliphatic carbocycles. The zero-order valence-corrected chi connectivity index (χ0v) is 34.9. The maximum absolute atomic E-state index is 13.2. The number of carbonyl (C=O) groups is 3. The van der Waals surface area contributed by atoms with Crippen LogP contribution in [0.1, 0.15) is 78.1 Å². The first-order chi connectivity index (χ1) is 27.7. The van der Waals surface area contributed by atoms with Crippen LogP contribution < -0.4 is 15.4 Å². The van der Waals surface area contributed by atoms with Crippen molar-refractivity contribution in [3.05, 3.63) is 68.1 Å². The summed E-state index contributed by atoms with van der Waals surface area (Å²) in [5, 5.41) is 19.8. The third kappa shape index (κ3) is 11.5. The van der Waals surface area contributed by atoms with Crippen LogP contribution in [0.3, 0.4) is 0 Å². The number of aryl methyl sites for hydroxylation is 1. The van der Waals surface area contributed by atoms with Gasteiger partial charge in [0.15, 0.2) is 12.4 Å². The number of benzene rings is 2. The van der Waals surface area contributed by atoms with Gasteiger partial charge in [0.2, 0.25) is 5.91 Å². The van der Waals surface area contributed by atoms with Gasteiger partial charge in [-0.2, -0.15) is 0 Å². The fraction of sp³-hybridized carbons (Fsp3) is 0.571. The van der Waals surface area contributed by atoms with E-state index >= 15 is 0 Å². The number of halogens is 1. The molecule has 3 amide bonds. The van der Waals surface area contributed by atoms with Crippen molar-refractivity contribution in [2.24, 2.45) is 0 Å². The molecule has 0 unspecified atom stereocenters. The zero-order chi connectivity index (χ0) is 40.2. The lowest BCUT2D eigenvalue weighted by Gasteiger charge is -2.47. The molecule has 0 bridgehead atoms. The number of nitrogens with one attached hydrogen (secondary N) is 2. The van der Waals surface area contributed by atoms with E-state index in [0.29, 0.717) is 95.5 Å². The van der Waals surface area contributed by atoms with Crippen LogP contribution in [0.5, 0.6) is 11.5 Å². The summed E-state index contributed by atoms with van der Waals surface area (Å²) in [6, 6.07) is 9.54. The average molecular weight is 825 g/mol. The monoisotopic (exact) mass is 824 g/mol. The Bertz CT molecular complexity index is 1830. The minimum Gasteiger partial charge on any atom is -0.506 e. The molecule has 0 atom stereocenters. The summed E-state index contributed by atoms with van der Waals surface area (Å²) >= 11 is 8.49. The number of rotatable bonds is 19. The van der Waals surface area contributed by atoms with E-state index in [4.69, 9.17) is 25.8 Å². The Kier molecular flexibility index (Phi) is 15.6. The molecule has 3 N–H and O–H groups in total. The number of anilines is 1. The largest absolute Gasteiger partial charge is 0.506 e. The smallest absolute Gasteiger partial charge is 0.273 e. The second-order valence-corrected chi connectivity index (χ2v) is 16.4. The third-order valence-electron chi connectivity index (χ3n) is 11.0. The number of hydrogen-bond donors (Lipinski definition) is 3. The highest BCUT2D eigenvalue weighted by atomic mass is 35.5. The summed E-state index contributed by atoms with van der Waals surface area (Å²) in [7, 11) is 0. The molecule has 0 radical (unpaired) electrons. The normalized spacial score (nSPS) is 16.6. The van der Waals surface area contributed by atoms with Crippen molar-refractivity contribution in [1.29, 1.82) is 0 Å². The van der Waals surface area contributed by atoms with Crippen molar-refractivity contribution in [3.63, 3.8) is 0 Å². The number of amides is 3. The quantitative estimate of drug-likeness (QED) is 0.107. The van der Waals surface area contributed by atoms with Crippen molar-refractivity contribution in [1.82, 2.24) is 25.0 Å². The van der Waals surface area contributed by atoms with Gasteiger partial charge in [0.1, 0.15) is 17.1 Å². The van der Waals surface area contributed by atoms with Gasteiger partial charge >= 0.3 is 0 Å². The summed E-state index contributed by atoms with van der Waals surface area (Å²) in [6.07, 6.45) is 6.09. The minimum absolute atomic E-state index is 0.00214. The van der Waals surface area contributed by atoms with Crippen LogP contribution in [-0.2, 0) is 44.9 Å². The van der Waals surface area contributed by atoms with E-state index in [1.54, 1.807) is 23.5 Å². The molecule has 0 saturated carbocycles. The number of carbonyl (C=O) groups excluding carboxylic acids is 3. The fourth-order valence-corrected chi connectivity index (χ4v) is 8.65. The molecule has 3 aliphatic rings. The zero-order valence-electron chi connectivity index (χ0n) is 33.3. The van der Waals surface area contributed by atoms with Crippen LogP contribution in [0.15, 0.2) is 35.7 Å². The Morgan fingerprint density at radius 3 is 2.68 bits per heavy atom. The lowest BCUT2D eigenvalue weighted by Crippen LogP contribution is -2.58. The predicted molar refractivity (Wildman–Crippen MR) is 221 cm³/mol. The molecule has 3 aromatic rings. The average Bonchev–Trinajstić information content (AvgIpc) is 3.71. The highest BCUT2D eigenvalue weighted by molar-refractivity contribution is 7.09. The van der Waals surface area contributed by atoms with Gasteiger partial charge in [0.25, 0.3) is 11.8 Å². The second kappa shape index (κ2) is 20.8. The first kappa shape index (κ1) is 42.8. The van der Waals surface area contributed by atoms with Gasteiger partial charge in [-0.3, -0.25) is 19.3 Å². The molecule has 2 aromatic carbocycles. The SMILES string of the molecule is CCCCN(CCNCCc1ccc(O)c2c1OCC(=O)N2)C(=O)CCOCCc1cccc(CN2CCC3(CC2)CN(C(=O)c2csc(CC)n2)CCO3)c1Cl. The Morgan fingerprint density at radius 1 is 1.07 bits per heavy atom. The molecule has 1 aromatic heterocycles. The van der Waals surface area contributed by atoms with Crippen LogP contribution in [0, 0.1) is 0 Å². The van der Waals surface area contributed by atoms with E-state index in [9.17, 15) is 19.5 Å². The van der Waals surface area contributed by atoms with E-state index in [2.05, 4.69) is 40.4 Å².